The zero-order chi connectivity index (χ0) is 21.4. The summed E-state index contributed by atoms with van der Waals surface area (Å²) in [5, 5.41) is 10.5. The van der Waals surface area contributed by atoms with E-state index in [2.05, 4.69) is 20.9 Å². The average Bonchev–Trinajstić information content (AvgIpc) is 3.27. The number of aromatic amines is 1. The van der Waals surface area contributed by atoms with Crippen molar-refractivity contribution in [1.29, 1.82) is 0 Å². The number of carbonyl (C=O) groups is 1. The van der Waals surface area contributed by atoms with Crippen molar-refractivity contribution >= 4 is 43.8 Å². The Morgan fingerprint density at radius 2 is 1.87 bits per heavy atom. The van der Waals surface area contributed by atoms with Gasteiger partial charge in [0.1, 0.15) is 0 Å². The minimum atomic E-state index is -0.897. The highest BCUT2D eigenvalue weighted by atomic mass is 79.9. The highest BCUT2D eigenvalue weighted by Crippen LogP contribution is 2.32. The number of carboxylic acid groups (broad SMARTS) is 1. The number of aromatic nitrogens is 3. The van der Waals surface area contributed by atoms with Gasteiger partial charge in [0.2, 0.25) is 0 Å². The van der Waals surface area contributed by atoms with Crippen molar-refractivity contribution in [3.63, 3.8) is 0 Å². The number of carboxylic acids is 1. The second-order valence-electron chi connectivity index (χ2n) is 7.66. The Labute approximate surface area is 182 Å². The van der Waals surface area contributed by atoms with E-state index in [1.165, 1.54) is 0 Å². The van der Waals surface area contributed by atoms with Crippen LogP contribution in [0.3, 0.4) is 0 Å². The predicted molar refractivity (Wildman–Crippen MR) is 122 cm³/mol. The van der Waals surface area contributed by atoms with Crippen LogP contribution >= 0.6 is 15.9 Å². The molecule has 4 aromatic rings. The van der Waals surface area contributed by atoms with Crippen molar-refractivity contribution < 1.29 is 9.90 Å². The molecule has 0 saturated carbocycles. The van der Waals surface area contributed by atoms with Gasteiger partial charge < -0.3 is 10.1 Å². The summed E-state index contributed by atoms with van der Waals surface area (Å²) in [5.41, 5.74) is 3.43. The van der Waals surface area contributed by atoms with Crippen molar-refractivity contribution in [2.45, 2.75) is 45.2 Å². The minimum Gasteiger partial charge on any atom is -0.481 e. The number of fused-ring (bicyclic) bond motifs is 2. The van der Waals surface area contributed by atoms with E-state index < -0.39 is 5.97 Å². The number of nitrogens with one attached hydrogen (secondary N) is 1. The molecule has 2 aromatic carbocycles. The molecule has 0 radical (unpaired) electrons. The molecular formula is C23H24BrN3O3. The highest BCUT2D eigenvalue weighted by molar-refractivity contribution is 9.10. The molecule has 0 aliphatic heterocycles. The van der Waals surface area contributed by atoms with Crippen LogP contribution in [0.25, 0.3) is 21.9 Å². The number of halogens is 1. The van der Waals surface area contributed by atoms with Crippen LogP contribution in [0.4, 0.5) is 0 Å². The number of para-hydroxylation sites is 2. The van der Waals surface area contributed by atoms with Gasteiger partial charge >= 0.3 is 11.7 Å². The molecule has 4 rings (SSSR count). The first-order chi connectivity index (χ1) is 14.4. The Morgan fingerprint density at radius 1 is 1.17 bits per heavy atom. The van der Waals surface area contributed by atoms with Crippen LogP contribution in [0.1, 0.15) is 50.8 Å². The number of rotatable bonds is 7. The lowest BCUT2D eigenvalue weighted by atomic mass is 10.0. The van der Waals surface area contributed by atoms with Crippen LogP contribution in [0.15, 0.2) is 57.9 Å². The van der Waals surface area contributed by atoms with Crippen molar-refractivity contribution in [3.05, 3.63) is 69.2 Å². The van der Waals surface area contributed by atoms with Crippen LogP contribution in [0, 0.1) is 0 Å². The predicted octanol–water partition coefficient (Wildman–Crippen LogP) is 5.47. The third-order valence-corrected chi connectivity index (χ3v) is 6.17. The van der Waals surface area contributed by atoms with E-state index in [1.54, 1.807) is 9.13 Å². The van der Waals surface area contributed by atoms with E-state index in [1.807, 2.05) is 62.5 Å². The lowest BCUT2D eigenvalue weighted by Gasteiger charge is -2.17. The number of hydrogen-bond acceptors (Lipinski definition) is 2. The van der Waals surface area contributed by atoms with E-state index in [0.717, 1.165) is 38.4 Å². The molecule has 2 unspecified atom stereocenters. The third-order valence-electron chi connectivity index (χ3n) is 5.71. The SMILES string of the molecule is CCCC(CC(=O)O)n1c(=O)n(C(C)c2cc(Br)cc3[nH]ccc23)c2ccccc21. The zero-order valence-corrected chi connectivity index (χ0v) is 18.5. The van der Waals surface area contributed by atoms with E-state index in [-0.39, 0.29) is 24.2 Å². The molecule has 156 valence electrons. The van der Waals surface area contributed by atoms with E-state index >= 15 is 0 Å². The number of hydrogen-bond donors (Lipinski definition) is 2. The average molecular weight is 470 g/mol. The van der Waals surface area contributed by atoms with Gasteiger partial charge in [-0.25, -0.2) is 4.79 Å². The maximum atomic E-state index is 13.7. The first kappa shape index (κ1) is 20.5. The molecule has 0 spiro atoms. The molecule has 2 N–H and O–H groups in total. The van der Waals surface area contributed by atoms with Crippen molar-refractivity contribution in [1.82, 2.24) is 14.1 Å². The number of benzene rings is 2. The maximum Gasteiger partial charge on any atom is 0.329 e. The standard InChI is InChI=1S/C23H24BrN3O3/c1-3-6-16(13-22(28)29)27-21-8-5-4-7-20(21)26(23(27)30)14(2)18-11-15(24)12-19-17(18)9-10-25-19/h4-5,7-12,14,16,25H,3,6,13H2,1-2H3,(H,28,29). The van der Waals surface area contributed by atoms with Gasteiger partial charge in [0.25, 0.3) is 0 Å². The molecule has 0 aliphatic rings. The first-order valence-corrected chi connectivity index (χ1v) is 10.9. The van der Waals surface area contributed by atoms with Crippen molar-refractivity contribution in [2.24, 2.45) is 0 Å². The molecule has 6 nitrogen and oxygen atoms in total. The number of imidazole rings is 1. The summed E-state index contributed by atoms with van der Waals surface area (Å²) >= 11 is 3.58. The molecule has 0 amide bonds. The molecule has 2 aromatic heterocycles. The van der Waals surface area contributed by atoms with Crippen LogP contribution in [-0.2, 0) is 4.79 Å². The fraction of sp³-hybridized carbons (Fsp3) is 0.304. The van der Waals surface area contributed by atoms with E-state index in [0.29, 0.717) is 6.42 Å². The summed E-state index contributed by atoms with van der Waals surface area (Å²) in [6.07, 6.45) is 3.25. The van der Waals surface area contributed by atoms with Crippen LogP contribution in [0.5, 0.6) is 0 Å². The van der Waals surface area contributed by atoms with Crippen LogP contribution in [-0.4, -0.2) is 25.2 Å². The fourth-order valence-corrected chi connectivity index (χ4v) is 4.90. The molecule has 0 saturated heterocycles. The van der Waals surface area contributed by atoms with Gasteiger partial charge in [-0.05, 0) is 49.2 Å². The lowest BCUT2D eigenvalue weighted by molar-refractivity contribution is -0.137. The number of aliphatic carboxylic acids is 1. The summed E-state index contributed by atoms with van der Waals surface area (Å²) < 4.78 is 4.40. The molecule has 0 fully saturated rings. The van der Waals surface area contributed by atoms with Gasteiger partial charge in [-0.2, -0.15) is 0 Å². The Morgan fingerprint density at radius 3 is 2.53 bits per heavy atom. The smallest absolute Gasteiger partial charge is 0.329 e. The number of nitrogens with zero attached hydrogens (tertiary/aromatic N) is 2. The zero-order valence-electron chi connectivity index (χ0n) is 16.9. The lowest BCUT2D eigenvalue weighted by Crippen LogP contribution is -2.30. The molecule has 0 aliphatic carbocycles. The van der Waals surface area contributed by atoms with Crippen LogP contribution in [0.2, 0.25) is 0 Å². The third kappa shape index (κ3) is 3.47. The Balaban J connectivity index is 1.95. The topological polar surface area (TPSA) is 80.0 Å². The normalized spacial score (nSPS) is 13.7. The van der Waals surface area contributed by atoms with E-state index in [9.17, 15) is 14.7 Å². The molecule has 0 bridgehead atoms. The molecule has 2 heterocycles. The summed E-state index contributed by atoms with van der Waals surface area (Å²) in [4.78, 5) is 28.4. The fourth-order valence-electron chi connectivity index (χ4n) is 4.42. The first-order valence-electron chi connectivity index (χ1n) is 10.1. The van der Waals surface area contributed by atoms with Gasteiger partial charge in [-0.1, -0.05) is 41.4 Å². The quantitative estimate of drug-likeness (QED) is 0.376. The highest BCUT2D eigenvalue weighted by Gasteiger charge is 2.25. The van der Waals surface area contributed by atoms with Gasteiger partial charge in [-0.15, -0.1) is 0 Å². The monoisotopic (exact) mass is 469 g/mol. The molecular weight excluding hydrogens is 446 g/mol. The molecule has 30 heavy (non-hydrogen) atoms. The minimum absolute atomic E-state index is 0.0743. The van der Waals surface area contributed by atoms with Gasteiger partial charge in [0.15, 0.2) is 0 Å². The summed E-state index contributed by atoms with van der Waals surface area (Å²) in [6, 6.07) is 13.1. The summed E-state index contributed by atoms with van der Waals surface area (Å²) in [6.45, 7) is 4.02. The maximum absolute atomic E-state index is 13.7. The number of H-pyrrole nitrogens is 1. The second-order valence-corrected chi connectivity index (χ2v) is 8.58. The molecule has 2 atom stereocenters. The van der Waals surface area contributed by atoms with Gasteiger partial charge in [-0.3, -0.25) is 13.9 Å². The van der Waals surface area contributed by atoms with Crippen molar-refractivity contribution in [3.8, 4) is 0 Å². The van der Waals surface area contributed by atoms with Crippen LogP contribution < -0.4 is 5.69 Å². The van der Waals surface area contributed by atoms with Gasteiger partial charge in [0, 0.05) is 27.6 Å². The largest absolute Gasteiger partial charge is 0.481 e. The summed E-state index contributed by atoms with van der Waals surface area (Å²) in [5.74, 6) is -0.897. The second kappa shape index (κ2) is 8.14. The Kier molecular flexibility index (Phi) is 5.56. The van der Waals surface area contributed by atoms with Crippen molar-refractivity contribution in [2.75, 3.05) is 0 Å². The van der Waals surface area contributed by atoms with E-state index in [4.69, 9.17) is 0 Å². The summed E-state index contributed by atoms with van der Waals surface area (Å²) in [7, 11) is 0. The Bertz CT molecular complexity index is 1280. The Hall–Kier alpha value is -2.80. The molecule has 7 heteroatoms. The van der Waals surface area contributed by atoms with Gasteiger partial charge in [0.05, 0.1) is 23.5 Å².